The highest BCUT2D eigenvalue weighted by atomic mass is 32.2. The topological polar surface area (TPSA) is 80.9 Å². The SMILES string of the molecule is CCC(CC1CC1)n1nnnc1SCC(=O)O. The van der Waals surface area contributed by atoms with Gasteiger partial charge in [-0.3, -0.25) is 4.79 Å². The molecule has 0 aromatic carbocycles. The molecule has 94 valence electrons. The van der Waals surface area contributed by atoms with Crippen LogP contribution in [0.15, 0.2) is 5.16 Å². The molecule has 1 N–H and O–H groups in total. The number of carboxylic acid groups (broad SMARTS) is 1. The van der Waals surface area contributed by atoms with Gasteiger partial charge < -0.3 is 5.11 Å². The summed E-state index contributed by atoms with van der Waals surface area (Å²) in [5.74, 6) is -0.0403. The number of carboxylic acids is 1. The Bertz CT molecular complexity index is 391. The lowest BCUT2D eigenvalue weighted by Gasteiger charge is -2.15. The minimum atomic E-state index is -0.847. The number of rotatable bonds is 7. The predicted molar refractivity (Wildman–Crippen MR) is 62.8 cm³/mol. The van der Waals surface area contributed by atoms with E-state index in [1.807, 2.05) is 0 Å². The van der Waals surface area contributed by atoms with E-state index >= 15 is 0 Å². The zero-order valence-electron chi connectivity index (χ0n) is 9.74. The van der Waals surface area contributed by atoms with Crippen LogP contribution in [0.25, 0.3) is 0 Å². The van der Waals surface area contributed by atoms with Crippen molar-refractivity contribution in [2.45, 2.75) is 43.8 Å². The fraction of sp³-hybridized carbons (Fsp3) is 0.800. The summed E-state index contributed by atoms with van der Waals surface area (Å²) in [5, 5.41) is 20.8. The minimum Gasteiger partial charge on any atom is -0.481 e. The quantitative estimate of drug-likeness (QED) is 0.746. The van der Waals surface area contributed by atoms with Gasteiger partial charge in [-0.05, 0) is 29.2 Å². The molecule has 7 heteroatoms. The summed E-state index contributed by atoms with van der Waals surface area (Å²) >= 11 is 1.18. The van der Waals surface area contributed by atoms with Crippen molar-refractivity contribution < 1.29 is 9.90 Å². The van der Waals surface area contributed by atoms with Crippen LogP contribution >= 0.6 is 11.8 Å². The molecule has 1 heterocycles. The second-order valence-corrected chi connectivity index (χ2v) is 5.27. The van der Waals surface area contributed by atoms with E-state index < -0.39 is 5.97 Å². The summed E-state index contributed by atoms with van der Waals surface area (Å²) in [4.78, 5) is 10.5. The van der Waals surface area contributed by atoms with E-state index in [0.29, 0.717) is 11.2 Å². The lowest BCUT2D eigenvalue weighted by Crippen LogP contribution is -2.13. The number of nitrogens with zero attached hydrogens (tertiary/aromatic N) is 4. The van der Waals surface area contributed by atoms with Crippen molar-refractivity contribution in [1.82, 2.24) is 20.2 Å². The molecule has 0 amide bonds. The molecule has 0 saturated heterocycles. The molecule has 0 spiro atoms. The molecular weight excluding hydrogens is 240 g/mol. The summed E-state index contributed by atoms with van der Waals surface area (Å²) in [6.07, 6.45) is 4.68. The average Bonchev–Trinajstić information content (AvgIpc) is 3.00. The van der Waals surface area contributed by atoms with Crippen molar-refractivity contribution >= 4 is 17.7 Å². The lowest BCUT2D eigenvalue weighted by atomic mass is 10.1. The average molecular weight is 256 g/mol. The van der Waals surface area contributed by atoms with Crippen molar-refractivity contribution in [2.24, 2.45) is 5.92 Å². The fourth-order valence-corrected chi connectivity index (χ4v) is 2.48. The maximum atomic E-state index is 10.5. The first-order chi connectivity index (χ1) is 8.20. The van der Waals surface area contributed by atoms with E-state index in [0.717, 1.165) is 18.8 Å². The monoisotopic (exact) mass is 256 g/mol. The van der Waals surface area contributed by atoms with Gasteiger partial charge in [0.05, 0.1) is 11.8 Å². The fourth-order valence-electron chi connectivity index (χ4n) is 1.81. The Kier molecular flexibility index (Phi) is 3.98. The Morgan fingerprint density at radius 1 is 1.65 bits per heavy atom. The number of tetrazole rings is 1. The molecule has 6 nitrogen and oxygen atoms in total. The first-order valence-electron chi connectivity index (χ1n) is 5.83. The van der Waals surface area contributed by atoms with Crippen molar-refractivity contribution in [2.75, 3.05) is 5.75 Å². The third kappa shape index (κ3) is 3.42. The third-order valence-electron chi connectivity index (χ3n) is 2.91. The Morgan fingerprint density at radius 2 is 2.41 bits per heavy atom. The summed E-state index contributed by atoms with van der Waals surface area (Å²) in [7, 11) is 0. The largest absolute Gasteiger partial charge is 0.481 e. The van der Waals surface area contributed by atoms with Crippen LogP contribution in [0, 0.1) is 5.92 Å². The van der Waals surface area contributed by atoms with Crippen molar-refractivity contribution in [3.8, 4) is 0 Å². The molecule has 1 aromatic heterocycles. The Labute approximate surface area is 104 Å². The summed E-state index contributed by atoms with van der Waals surface area (Å²) in [5.41, 5.74) is 0. The second-order valence-electron chi connectivity index (χ2n) is 4.33. The molecule has 1 aliphatic rings. The summed E-state index contributed by atoms with van der Waals surface area (Å²) in [6.45, 7) is 2.11. The molecule has 1 fully saturated rings. The molecule has 1 aromatic rings. The van der Waals surface area contributed by atoms with Crippen LogP contribution < -0.4 is 0 Å². The number of aliphatic carboxylic acids is 1. The second kappa shape index (κ2) is 5.48. The first-order valence-corrected chi connectivity index (χ1v) is 6.81. The molecule has 17 heavy (non-hydrogen) atoms. The molecule has 1 aliphatic carbocycles. The van der Waals surface area contributed by atoms with Gasteiger partial charge in [0.15, 0.2) is 0 Å². The maximum absolute atomic E-state index is 10.5. The van der Waals surface area contributed by atoms with Gasteiger partial charge >= 0.3 is 5.97 Å². The van der Waals surface area contributed by atoms with Gasteiger partial charge in [0, 0.05) is 0 Å². The first kappa shape index (κ1) is 12.3. The normalized spacial score (nSPS) is 17.0. The maximum Gasteiger partial charge on any atom is 0.313 e. The molecule has 0 bridgehead atoms. The number of aromatic nitrogens is 4. The van der Waals surface area contributed by atoms with Crippen LogP contribution in [-0.2, 0) is 4.79 Å². The minimum absolute atomic E-state index is 0.000234. The van der Waals surface area contributed by atoms with E-state index in [9.17, 15) is 4.79 Å². The molecule has 0 aliphatic heterocycles. The van der Waals surface area contributed by atoms with Crippen LogP contribution in [0.3, 0.4) is 0 Å². The Morgan fingerprint density at radius 3 is 3.00 bits per heavy atom. The highest BCUT2D eigenvalue weighted by Crippen LogP contribution is 2.38. The molecule has 1 unspecified atom stereocenters. The molecule has 1 saturated carbocycles. The smallest absolute Gasteiger partial charge is 0.313 e. The van der Waals surface area contributed by atoms with Crippen LogP contribution in [0.4, 0.5) is 0 Å². The highest BCUT2D eigenvalue weighted by Gasteiger charge is 2.27. The van der Waals surface area contributed by atoms with Gasteiger partial charge in [-0.2, -0.15) is 0 Å². The highest BCUT2D eigenvalue weighted by molar-refractivity contribution is 7.99. The summed E-state index contributed by atoms with van der Waals surface area (Å²) < 4.78 is 1.78. The van der Waals surface area contributed by atoms with E-state index in [1.165, 1.54) is 24.6 Å². The molecule has 1 atom stereocenters. The number of thioether (sulfide) groups is 1. The number of carbonyl (C=O) groups is 1. The van der Waals surface area contributed by atoms with Gasteiger partial charge in [-0.1, -0.05) is 31.5 Å². The van der Waals surface area contributed by atoms with Gasteiger partial charge in [-0.15, -0.1) is 5.10 Å². The van der Waals surface area contributed by atoms with Gasteiger partial charge in [0.1, 0.15) is 0 Å². The zero-order valence-corrected chi connectivity index (χ0v) is 10.6. The molecule has 2 rings (SSSR count). The van der Waals surface area contributed by atoms with E-state index in [1.54, 1.807) is 4.68 Å². The van der Waals surface area contributed by atoms with Crippen molar-refractivity contribution in [3.63, 3.8) is 0 Å². The Hall–Kier alpha value is -1.11. The van der Waals surface area contributed by atoms with Crippen molar-refractivity contribution in [3.05, 3.63) is 0 Å². The van der Waals surface area contributed by atoms with Crippen LogP contribution in [0.1, 0.15) is 38.6 Å². The summed E-state index contributed by atoms with van der Waals surface area (Å²) in [6, 6.07) is 0.300. The van der Waals surface area contributed by atoms with Gasteiger partial charge in [-0.25, -0.2) is 4.68 Å². The van der Waals surface area contributed by atoms with Crippen molar-refractivity contribution in [1.29, 1.82) is 0 Å². The molecule has 0 radical (unpaired) electrons. The van der Waals surface area contributed by atoms with E-state index in [-0.39, 0.29) is 5.75 Å². The van der Waals surface area contributed by atoms with E-state index in [2.05, 4.69) is 22.4 Å². The number of hydrogen-bond donors (Lipinski definition) is 1. The lowest BCUT2D eigenvalue weighted by molar-refractivity contribution is -0.133. The van der Waals surface area contributed by atoms with Crippen LogP contribution in [0.2, 0.25) is 0 Å². The zero-order chi connectivity index (χ0) is 12.3. The van der Waals surface area contributed by atoms with E-state index in [4.69, 9.17) is 5.11 Å². The van der Waals surface area contributed by atoms with Crippen LogP contribution in [-0.4, -0.2) is 37.0 Å². The van der Waals surface area contributed by atoms with Gasteiger partial charge in [0.2, 0.25) is 5.16 Å². The Balaban J connectivity index is 2.01. The predicted octanol–water partition coefficient (Wildman–Crippen LogP) is 1.60. The number of hydrogen-bond acceptors (Lipinski definition) is 5. The third-order valence-corrected chi connectivity index (χ3v) is 3.83. The molecular formula is C10H16N4O2S. The van der Waals surface area contributed by atoms with Crippen LogP contribution in [0.5, 0.6) is 0 Å². The standard InChI is InChI=1S/C10H16N4O2S/c1-2-8(5-7-3-4-7)14-10(11-12-13-14)17-6-9(15)16/h7-8H,2-6H2,1H3,(H,15,16). The van der Waals surface area contributed by atoms with Gasteiger partial charge in [0.25, 0.3) is 0 Å².